The second-order valence-electron chi connectivity index (χ2n) is 2.04. The number of esters is 2. The largest absolute Gasteiger partial charge is 0.450 e. The standard InChI is InChI=1S/C7H11NO4/c1-5(2)7(10)11-3-6(9)12-4-8/h1,3-4,8H2,2H3. The Morgan fingerprint density at radius 3 is 2.42 bits per heavy atom. The van der Waals surface area contributed by atoms with Gasteiger partial charge in [-0.3, -0.25) is 5.73 Å². The fourth-order valence-electron chi connectivity index (χ4n) is 0.382. The van der Waals surface area contributed by atoms with Crippen molar-refractivity contribution in [3.8, 4) is 0 Å². The Labute approximate surface area is 70.1 Å². The van der Waals surface area contributed by atoms with E-state index in [0.29, 0.717) is 0 Å². The maximum Gasteiger partial charge on any atom is 0.345 e. The third kappa shape index (κ3) is 4.45. The second kappa shape index (κ2) is 5.31. The molecule has 0 saturated carbocycles. The van der Waals surface area contributed by atoms with Gasteiger partial charge in [0.2, 0.25) is 0 Å². The van der Waals surface area contributed by atoms with Crippen LogP contribution in [0, 0.1) is 0 Å². The molecule has 12 heavy (non-hydrogen) atoms. The molecule has 5 nitrogen and oxygen atoms in total. The summed E-state index contributed by atoms with van der Waals surface area (Å²) < 4.78 is 8.75. The summed E-state index contributed by atoms with van der Waals surface area (Å²) in [7, 11) is 0. The topological polar surface area (TPSA) is 78.6 Å². The molecule has 68 valence electrons. The van der Waals surface area contributed by atoms with E-state index in [9.17, 15) is 9.59 Å². The minimum atomic E-state index is -0.674. The van der Waals surface area contributed by atoms with Gasteiger partial charge in [-0.15, -0.1) is 0 Å². The van der Waals surface area contributed by atoms with Gasteiger partial charge in [-0.1, -0.05) is 6.58 Å². The zero-order chi connectivity index (χ0) is 9.56. The molecule has 0 aromatic heterocycles. The van der Waals surface area contributed by atoms with Crippen LogP contribution in [0.3, 0.4) is 0 Å². The van der Waals surface area contributed by atoms with E-state index in [4.69, 9.17) is 5.73 Å². The minimum absolute atomic E-state index is 0.219. The normalized spacial score (nSPS) is 8.83. The third-order valence-electron chi connectivity index (χ3n) is 0.914. The number of nitrogens with two attached hydrogens (primary N) is 1. The summed E-state index contributed by atoms with van der Waals surface area (Å²) in [4.78, 5) is 21.3. The summed E-state index contributed by atoms with van der Waals surface area (Å²) in [5.41, 5.74) is 5.13. The SMILES string of the molecule is C=C(C)C(=O)OCC(=O)OCN. The van der Waals surface area contributed by atoms with Crippen molar-refractivity contribution >= 4 is 11.9 Å². The molecule has 0 fully saturated rings. The van der Waals surface area contributed by atoms with E-state index in [-0.39, 0.29) is 12.3 Å². The lowest BCUT2D eigenvalue weighted by atomic mass is 10.4. The summed E-state index contributed by atoms with van der Waals surface area (Å²) >= 11 is 0. The van der Waals surface area contributed by atoms with Crippen LogP contribution in [0.5, 0.6) is 0 Å². The Bertz CT molecular complexity index is 200. The van der Waals surface area contributed by atoms with E-state index in [1.54, 1.807) is 0 Å². The fraction of sp³-hybridized carbons (Fsp3) is 0.429. The fourth-order valence-corrected chi connectivity index (χ4v) is 0.382. The van der Waals surface area contributed by atoms with Crippen molar-refractivity contribution in [2.75, 3.05) is 13.3 Å². The predicted molar refractivity (Wildman–Crippen MR) is 40.9 cm³/mol. The second-order valence-corrected chi connectivity index (χ2v) is 2.04. The van der Waals surface area contributed by atoms with Crippen LogP contribution in [-0.2, 0) is 19.1 Å². The van der Waals surface area contributed by atoms with Crippen molar-refractivity contribution in [1.82, 2.24) is 0 Å². The van der Waals surface area contributed by atoms with E-state index in [1.807, 2.05) is 0 Å². The van der Waals surface area contributed by atoms with Crippen LogP contribution in [0.4, 0.5) is 0 Å². The zero-order valence-electron chi connectivity index (χ0n) is 6.83. The monoisotopic (exact) mass is 173 g/mol. The van der Waals surface area contributed by atoms with Gasteiger partial charge in [-0.2, -0.15) is 0 Å². The van der Waals surface area contributed by atoms with Crippen LogP contribution < -0.4 is 5.73 Å². The molecule has 0 heterocycles. The third-order valence-corrected chi connectivity index (χ3v) is 0.914. The van der Waals surface area contributed by atoms with Crippen LogP contribution in [0.1, 0.15) is 6.92 Å². The van der Waals surface area contributed by atoms with Crippen molar-refractivity contribution in [3.63, 3.8) is 0 Å². The quantitative estimate of drug-likeness (QED) is 0.354. The Hall–Kier alpha value is -1.36. The Morgan fingerprint density at radius 1 is 1.42 bits per heavy atom. The Balaban J connectivity index is 3.61. The highest BCUT2D eigenvalue weighted by Crippen LogP contribution is 1.91. The van der Waals surface area contributed by atoms with Gasteiger partial charge in [-0.05, 0) is 6.92 Å². The zero-order valence-corrected chi connectivity index (χ0v) is 6.83. The molecule has 0 atom stereocenters. The minimum Gasteiger partial charge on any atom is -0.450 e. The van der Waals surface area contributed by atoms with Crippen molar-refractivity contribution in [3.05, 3.63) is 12.2 Å². The van der Waals surface area contributed by atoms with Gasteiger partial charge < -0.3 is 9.47 Å². The Morgan fingerprint density at radius 2 is 2.00 bits per heavy atom. The lowest BCUT2D eigenvalue weighted by Crippen LogP contribution is -2.19. The van der Waals surface area contributed by atoms with Gasteiger partial charge >= 0.3 is 11.9 Å². The van der Waals surface area contributed by atoms with E-state index >= 15 is 0 Å². The maximum atomic E-state index is 10.7. The molecule has 0 unspecified atom stereocenters. The molecule has 0 aromatic carbocycles. The Kier molecular flexibility index (Phi) is 4.71. The molecular formula is C7H11NO4. The van der Waals surface area contributed by atoms with Gasteiger partial charge in [0.05, 0.1) is 0 Å². The molecule has 0 rings (SSSR count). The number of carbonyl (C=O) groups is 2. The first-order valence-electron chi connectivity index (χ1n) is 3.26. The number of ether oxygens (including phenoxy) is 2. The number of rotatable bonds is 4. The van der Waals surface area contributed by atoms with Crippen LogP contribution in [0.25, 0.3) is 0 Å². The highest BCUT2D eigenvalue weighted by molar-refractivity contribution is 5.88. The highest BCUT2D eigenvalue weighted by Gasteiger charge is 2.07. The first-order valence-corrected chi connectivity index (χ1v) is 3.26. The van der Waals surface area contributed by atoms with Crippen molar-refractivity contribution in [2.45, 2.75) is 6.92 Å². The van der Waals surface area contributed by atoms with E-state index in [2.05, 4.69) is 16.1 Å². The lowest BCUT2D eigenvalue weighted by molar-refractivity contribution is -0.156. The summed E-state index contributed by atoms with van der Waals surface area (Å²) in [6.45, 7) is 4.16. The number of hydrogen-bond acceptors (Lipinski definition) is 5. The van der Waals surface area contributed by atoms with Gasteiger partial charge in [0, 0.05) is 5.57 Å². The predicted octanol–water partition coefficient (Wildman–Crippen LogP) is -0.435. The molecule has 0 spiro atoms. The molecule has 0 amide bonds. The molecule has 0 aliphatic heterocycles. The van der Waals surface area contributed by atoms with E-state index in [1.165, 1.54) is 6.92 Å². The summed E-state index contributed by atoms with van der Waals surface area (Å²) in [5, 5.41) is 0. The van der Waals surface area contributed by atoms with E-state index in [0.717, 1.165) is 0 Å². The first kappa shape index (κ1) is 10.6. The summed E-state index contributed by atoms with van der Waals surface area (Å²) in [5.74, 6) is -1.30. The maximum absolute atomic E-state index is 10.7. The summed E-state index contributed by atoms with van der Waals surface area (Å²) in [6, 6.07) is 0. The van der Waals surface area contributed by atoms with Crippen LogP contribution in [0.2, 0.25) is 0 Å². The van der Waals surface area contributed by atoms with Gasteiger partial charge in [0.15, 0.2) is 6.61 Å². The van der Waals surface area contributed by atoms with Crippen LogP contribution in [-0.4, -0.2) is 25.3 Å². The molecule has 0 aliphatic carbocycles. The van der Waals surface area contributed by atoms with Crippen molar-refractivity contribution < 1.29 is 19.1 Å². The lowest BCUT2D eigenvalue weighted by Gasteiger charge is -2.02. The number of carbonyl (C=O) groups excluding carboxylic acids is 2. The van der Waals surface area contributed by atoms with E-state index < -0.39 is 18.5 Å². The molecular weight excluding hydrogens is 162 g/mol. The molecule has 0 saturated heterocycles. The molecule has 5 heteroatoms. The average Bonchev–Trinajstić information content (AvgIpc) is 2.00. The smallest absolute Gasteiger partial charge is 0.345 e. The van der Waals surface area contributed by atoms with Gasteiger partial charge in [0.1, 0.15) is 6.73 Å². The molecule has 0 bridgehead atoms. The van der Waals surface area contributed by atoms with Crippen LogP contribution >= 0.6 is 0 Å². The van der Waals surface area contributed by atoms with Gasteiger partial charge in [0.25, 0.3) is 0 Å². The molecule has 2 N–H and O–H groups in total. The van der Waals surface area contributed by atoms with Crippen molar-refractivity contribution in [2.24, 2.45) is 5.73 Å². The van der Waals surface area contributed by atoms with Gasteiger partial charge in [-0.25, -0.2) is 9.59 Å². The highest BCUT2D eigenvalue weighted by atomic mass is 16.6. The van der Waals surface area contributed by atoms with Crippen molar-refractivity contribution in [1.29, 1.82) is 0 Å². The molecule has 0 radical (unpaired) electrons. The number of hydrogen-bond donors (Lipinski definition) is 1. The molecule has 0 aliphatic rings. The molecule has 0 aromatic rings. The first-order chi connectivity index (χ1) is 5.57. The average molecular weight is 173 g/mol. The van der Waals surface area contributed by atoms with Crippen LogP contribution in [0.15, 0.2) is 12.2 Å². The summed E-state index contributed by atoms with van der Waals surface area (Å²) in [6.07, 6.45) is 0.